The quantitative estimate of drug-likeness (QED) is 0.502. The van der Waals surface area contributed by atoms with Gasteiger partial charge < -0.3 is 24.7 Å². The fourth-order valence-electron chi connectivity index (χ4n) is 4.30. The van der Waals surface area contributed by atoms with Crippen LogP contribution in [-0.4, -0.2) is 97.9 Å². The summed E-state index contributed by atoms with van der Waals surface area (Å²) in [5, 5.41) is 14.6. The van der Waals surface area contributed by atoms with E-state index >= 15 is 0 Å². The van der Waals surface area contributed by atoms with Gasteiger partial charge in [0, 0.05) is 55.9 Å². The molecular formula is C21H30ClN3O6. The number of ether oxygens (including phenoxy) is 1. The highest BCUT2D eigenvalue weighted by Gasteiger charge is 2.43. The summed E-state index contributed by atoms with van der Waals surface area (Å²) in [5.74, 6) is 0.597. The second kappa shape index (κ2) is 13.1. The number of carbonyl (C=O) groups is 3. The summed E-state index contributed by atoms with van der Waals surface area (Å²) in [5.41, 5.74) is 1.22. The number of nitrogens with zero attached hydrogens (tertiary/aromatic N) is 3. The number of likely N-dealkylation sites (tertiary alicyclic amines) is 1. The topological polar surface area (TPSA) is 111 Å². The minimum Gasteiger partial charge on any atom is -0.483 e. The fraction of sp³-hybridized carbons (Fsp3) is 0.571. The van der Waals surface area contributed by atoms with E-state index in [2.05, 4.69) is 20.8 Å². The number of hydrogen-bond acceptors (Lipinski definition) is 7. The van der Waals surface area contributed by atoms with Crippen molar-refractivity contribution in [2.24, 2.45) is 11.8 Å². The maximum atomic E-state index is 11.6. The van der Waals surface area contributed by atoms with Gasteiger partial charge in [-0.3, -0.25) is 19.3 Å². The Bertz CT molecular complexity index is 708. The Morgan fingerprint density at radius 3 is 2.29 bits per heavy atom. The van der Waals surface area contributed by atoms with Crippen molar-refractivity contribution in [3.05, 3.63) is 29.3 Å². The molecule has 10 heteroatoms. The third kappa shape index (κ3) is 7.68. The molecule has 0 aromatic heterocycles. The molecule has 172 valence electrons. The molecule has 1 aromatic rings. The molecule has 3 heterocycles. The Hall–Kier alpha value is -2.36. The smallest absolute Gasteiger partial charge is 0.310 e. The number of cyclic esters (lactones) is 1. The Labute approximate surface area is 187 Å². The van der Waals surface area contributed by atoms with Gasteiger partial charge in [-0.05, 0) is 37.7 Å². The highest BCUT2D eigenvalue weighted by Crippen LogP contribution is 2.30. The second-order valence-corrected chi connectivity index (χ2v) is 8.07. The lowest BCUT2D eigenvalue weighted by atomic mass is 10.0. The second-order valence-electron chi connectivity index (χ2n) is 7.63. The lowest BCUT2D eigenvalue weighted by molar-refractivity contribution is -0.141. The first kappa shape index (κ1) is 24.9. The number of fused-ring (bicyclic) bond motifs is 1. The van der Waals surface area contributed by atoms with Crippen molar-refractivity contribution in [2.45, 2.75) is 6.42 Å². The fourth-order valence-corrected chi connectivity index (χ4v) is 4.48. The lowest BCUT2D eigenvalue weighted by Crippen LogP contribution is -2.47. The first-order valence-electron chi connectivity index (χ1n) is 10.3. The first-order valence-corrected chi connectivity index (χ1v) is 10.7. The highest BCUT2D eigenvalue weighted by molar-refractivity contribution is 6.30. The van der Waals surface area contributed by atoms with Crippen LogP contribution in [0, 0.1) is 11.8 Å². The van der Waals surface area contributed by atoms with Crippen molar-refractivity contribution in [3.8, 4) is 0 Å². The maximum Gasteiger partial charge on any atom is 0.310 e. The zero-order valence-electron chi connectivity index (χ0n) is 17.4. The zero-order valence-corrected chi connectivity index (χ0v) is 18.2. The van der Waals surface area contributed by atoms with E-state index in [-0.39, 0.29) is 24.8 Å². The summed E-state index contributed by atoms with van der Waals surface area (Å²) in [6.45, 7) is 8.60. The van der Waals surface area contributed by atoms with Crippen LogP contribution in [0.4, 0.5) is 5.69 Å². The molecule has 9 nitrogen and oxygen atoms in total. The molecule has 0 bridgehead atoms. The minimum absolute atomic E-state index is 0.0182. The number of piperazine rings is 1. The molecule has 3 fully saturated rings. The standard InChI is InChI=1S/C19H26ClN3O2.2CH2O2/c20-16-3-1-4-17(11-16)23-9-7-21(8-10-23)5-2-6-22-12-15-14-25-19(24)18(15)13-22;2*2-1-3/h1,3-4,11,15,18H,2,5-10,12-14H2;2*1H,(H,2,3)/t15-,18-;;/m1../s1. The van der Waals surface area contributed by atoms with Crippen LogP contribution >= 0.6 is 11.6 Å². The summed E-state index contributed by atoms with van der Waals surface area (Å²) in [4.78, 5) is 35.7. The number of carbonyl (C=O) groups excluding carboxylic acids is 1. The van der Waals surface area contributed by atoms with Crippen LogP contribution in [-0.2, 0) is 19.1 Å². The van der Waals surface area contributed by atoms with Gasteiger partial charge in [0.25, 0.3) is 12.9 Å². The Balaban J connectivity index is 0.000000513. The van der Waals surface area contributed by atoms with Crippen LogP contribution in [0.15, 0.2) is 24.3 Å². The summed E-state index contributed by atoms with van der Waals surface area (Å²) < 4.78 is 5.13. The van der Waals surface area contributed by atoms with Crippen LogP contribution in [0.1, 0.15) is 6.42 Å². The average molecular weight is 456 g/mol. The van der Waals surface area contributed by atoms with Crippen molar-refractivity contribution in [2.75, 3.05) is 63.9 Å². The highest BCUT2D eigenvalue weighted by atomic mass is 35.5. The van der Waals surface area contributed by atoms with E-state index in [1.54, 1.807) is 0 Å². The molecule has 0 saturated carbocycles. The van der Waals surface area contributed by atoms with Crippen molar-refractivity contribution in [1.82, 2.24) is 9.80 Å². The summed E-state index contributed by atoms with van der Waals surface area (Å²) >= 11 is 6.10. The van der Waals surface area contributed by atoms with E-state index < -0.39 is 0 Å². The number of hydrogen-bond donors (Lipinski definition) is 2. The van der Waals surface area contributed by atoms with Crippen LogP contribution in [0.25, 0.3) is 0 Å². The average Bonchev–Trinajstić information content (AvgIpc) is 3.31. The number of anilines is 1. The minimum atomic E-state index is -0.250. The maximum absolute atomic E-state index is 11.6. The largest absolute Gasteiger partial charge is 0.483 e. The predicted octanol–water partition coefficient (Wildman–Crippen LogP) is 1.36. The molecular weight excluding hydrogens is 426 g/mol. The summed E-state index contributed by atoms with van der Waals surface area (Å²) in [7, 11) is 0. The van der Waals surface area contributed by atoms with Gasteiger partial charge in [-0.15, -0.1) is 0 Å². The van der Waals surface area contributed by atoms with E-state index in [9.17, 15) is 4.79 Å². The molecule has 3 aliphatic rings. The van der Waals surface area contributed by atoms with E-state index in [4.69, 9.17) is 36.1 Å². The molecule has 3 aliphatic heterocycles. The van der Waals surface area contributed by atoms with Crippen LogP contribution in [0.5, 0.6) is 0 Å². The predicted molar refractivity (Wildman–Crippen MR) is 116 cm³/mol. The van der Waals surface area contributed by atoms with Crippen molar-refractivity contribution < 1.29 is 29.3 Å². The van der Waals surface area contributed by atoms with E-state index in [1.165, 1.54) is 12.1 Å². The van der Waals surface area contributed by atoms with Gasteiger partial charge in [-0.25, -0.2) is 0 Å². The Morgan fingerprint density at radius 1 is 1.03 bits per heavy atom. The number of esters is 1. The van der Waals surface area contributed by atoms with Gasteiger partial charge in [-0.1, -0.05) is 17.7 Å². The van der Waals surface area contributed by atoms with E-state index in [1.807, 2.05) is 18.2 Å². The molecule has 3 saturated heterocycles. The first-order chi connectivity index (χ1) is 15.0. The van der Waals surface area contributed by atoms with E-state index in [0.29, 0.717) is 12.5 Å². The molecule has 2 N–H and O–H groups in total. The number of benzene rings is 1. The number of rotatable bonds is 5. The van der Waals surface area contributed by atoms with Gasteiger partial charge in [0.2, 0.25) is 0 Å². The molecule has 31 heavy (non-hydrogen) atoms. The van der Waals surface area contributed by atoms with Gasteiger partial charge >= 0.3 is 5.97 Å². The summed E-state index contributed by atoms with van der Waals surface area (Å²) in [6, 6.07) is 8.13. The molecule has 2 atom stereocenters. The third-order valence-electron chi connectivity index (χ3n) is 5.75. The van der Waals surface area contributed by atoms with Crippen molar-refractivity contribution in [1.29, 1.82) is 0 Å². The monoisotopic (exact) mass is 455 g/mol. The number of carboxylic acid groups (broad SMARTS) is 2. The number of halogens is 1. The van der Waals surface area contributed by atoms with E-state index in [0.717, 1.165) is 57.4 Å². The third-order valence-corrected chi connectivity index (χ3v) is 5.99. The SMILES string of the molecule is O=C1OC[C@H]2CN(CCCN3CCN(c4cccc(Cl)c4)CC3)C[C@@H]12.O=CO.O=CO. The molecule has 0 radical (unpaired) electrons. The van der Waals surface area contributed by atoms with Gasteiger partial charge in [0.1, 0.15) is 0 Å². The van der Waals surface area contributed by atoms with Gasteiger partial charge in [-0.2, -0.15) is 0 Å². The van der Waals surface area contributed by atoms with Crippen LogP contribution in [0.2, 0.25) is 5.02 Å². The van der Waals surface area contributed by atoms with Crippen LogP contribution in [0.3, 0.4) is 0 Å². The van der Waals surface area contributed by atoms with Crippen LogP contribution < -0.4 is 4.90 Å². The van der Waals surface area contributed by atoms with Crippen molar-refractivity contribution >= 4 is 36.2 Å². The molecule has 4 rings (SSSR count). The van der Waals surface area contributed by atoms with Gasteiger partial charge in [0.15, 0.2) is 0 Å². The van der Waals surface area contributed by atoms with Gasteiger partial charge in [0.05, 0.1) is 12.5 Å². The Kier molecular flexibility index (Phi) is 10.6. The normalized spacial score (nSPS) is 23.0. The molecule has 0 amide bonds. The lowest BCUT2D eigenvalue weighted by Gasteiger charge is -2.36. The molecule has 0 unspecified atom stereocenters. The molecule has 0 aliphatic carbocycles. The van der Waals surface area contributed by atoms with Crippen molar-refractivity contribution in [3.63, 3.8) is 0 Å². The summed E-state index contributed by atoms with van der Waals surface area (Å²) in [6.07, 6.45) is 1.17. The Morgan fingerprint density at radius 2 is 1.68 bits per heavy atom. The molecule has 1 aromatic carbocycles. The zero-order chi connectivity index (χ0) is 22.6. The molecule has 0 spiro atoms.